The molecule has 0 spiro atoms. The molecule has 2 heterocycles. The zero-order valence-electron chi connectivity index (χ0n) is 17.0. The molecule has 6 nitrogen and oxygen atoms in total. The van der Waals surface area contributed by atoms with Crippen molar-refractivity contribution in [1.29, 1.82) is 0 Å². The van der Waals surface area contributed by atoms with Crippen molar-refractivity contribution in [2.24, 2.45) is 9.98 Å². The maximum Gasteiger partial charge on any atom is 0.275 e. The number of hydrogen-bond acceptors (Lipinski definition) is 5. The summed E-state index contributed by atoms with van der Waals surface area (Å²) >= 11 is 1.09. The molecule has 1 N–H and O–H groups in total. The van der Waals surface area contributed by atoms with Crippen molar-refractivity contribution in [1.82, 2.24) is 4.90 Å². The van der Waals surface area contributed by atoms with Crippen LogP contribution in [0.5, 0.6) is 0 Å². The number of benzene rings is 3. The van der Waals surface area contributed by atoms with Gasteiger partial charge in [0.05, 0.1) is 17.1 Å². The number of fused-ring (bicyclic) bond motifs is 3. The molecular formula is C24H16F2N4O2S. The Morgan fingerprint density at radius 2 is 1.76 bits per heavy atom. The Kier molecular flexibility index (Phi) is 5.47. The highest BCUT2D eigenvalue weighted by Crippen LogP contribution is 2.39. The van der Waals surface area contributed by atoms with Gasteiger partial charge in [-0.1, -0.05) is 54.2 Å². The van der Waals surface area contributed by atoms with E-state index in [0.29, 0.717) is 16.7 Å². The third-order valence-corrected chi connectivity index (χ3v) is 6.11. The Bertz CT molecular complexity index is 1330. The molecule has 0 saturated heterocycles. The number of amides is 2. The summed E-state index contributed by atoms with van der Waals surface area (Å²) in [6.07, 6.45) is 0. The van der Waals surface area contributed by atoms with E-state index >= 15 is 0 Å². The van der Waals surface area contributed by atoms with Gasteiger partial charge < -0.3 is 5.32 Å². The lowest BCUT2D eigenvalue weighted by Crippen LogP contribution is -2.39. The topological polar surface area (TPSA) is 74.1 Å². The van der Waals surface area contributed by atoms with Crippen LogP contribution < -0.4 is 5.32 Å². The number of rotatable bonds is 4. The average Bonchev–Trinajstić information content (AvgIpc) is 3.17. The second-order valence-corrected chi connectivity index (χ2v) is 8.27. The minimum Gasteiger partial charge on any atom is -0.323 e. The van der Waals surface area contributed by atoms with Gasteiger partial charge in [-0.2, -0.15) is 4.99 Å². The summed E-state index contributed by atoms with van der Waals surface area (Å²) in [5, 5.41) is 2.79. The first-order chi connectivity index (χ1) is 16.0. The number of aliphatic imine (C=N–C) groups is 2. The molecule has 0 aromatic heterocycles. The Labute approximate surface area is 192 Å². The number of carbonyl (C=O) groups excluding carboxylic acids is 2. The molecule has 2 aliphatic heterocycles. The van der Waals surface area contributed by atoms with E-state index in [-0.39, 0.29) is 17.3 Å². The van der Waals surface area contributed by atoms with E-state index < -0.39 is 23.6 Å². The van der Waals surface area contributed by atoms with Crippen LogP contribution in [0.4, 0.5) is 20.2 Å². The van der Waals surface area contributed by atoms with Crippen molar-refractivity contribution >= 4 is 46.0 Å². The van der Waals surface area contributed by atoms with Crippen molar-refractivity contribution in [3.63, 3.8) is 0 Å². The standard InChI is InChI=1S/C24H16F2N4O2S/c25-15-10-11-17(26)19(12-15)27-20(31)13-33-24-28-18-9-5-4-8-16(18)22-29-23(32)21(30(22)24)14-6-2-1-3-7-14/h1-12,21H,13H2,(H,27,31). The zero-order chi connectivity index (χ0) is 22.9. The fourth-order valence-electron chi connectivity index (χ4n) is 3.70. The van der Waals surface area contributed by atoms with Crippen molar-refractivity contribution in [2.45, 2.75) is 6.04 Å². The fraction of sp³-hybridized carbons (Fsp3) is 0.0833. The SMILES string of the molecule is O=C(CSC1=Nc2ccccc2C2=NC(=O)C(c3ccccc3)N12)Nc1cc(F)ccc1F. The number of nitrogens with one attached hydrogen (secondary N) is 1. The van der Waals surface area contributed by atoms with E-state index in [1.54, 1.807) is 11.0 Å². The van der Waals surface area contributed by atoms with Crippen molar-refractivity contribution in [3.8, 4) is 0 Å². The number of amidine groups is 2. The van der Waals surface area contributed by atoms with Crippen LogP contribution in [0.3, 0.4) is 0 Å². The molecule has 33 heavy (non-hydrogen) atoms. The molecule has 3 aromatic carbocycles. The zero-order valence-corrected chi connectivity index (χ0v) is 17.9. The van der Waals surface area contributed by atoms with Crippen LogP contribution in [0, 0.1) is 11.6 Å². The van der Waals surface area contributed by atoms with E-state index in [0.717, 1.165) is 41.1 Å². The van der Waals surface area contributed by atoms with Gasteiger partial charge >= 0.3 is 0 Å². The van der Waals surface area contributed by atoms with Crippen LogP contribution in [0.2, 0.25) is 0 Å². The van der Waals surface area contributed by atoms with Gasteiger partial charge in [0, 0.05) is 11.6 Å². The highest BCUT2D eigenvalue weighted by Gasteiger charge is 2.42. The Morgan fingerprint density at radius 1 is 1.00 bits per heavy atom. The fourth-order valence-corrected chi connectivity index (χ4v) is 4.52. The molecule has 164 valence electrons. The van der Waals surface area contributed by atoms with Gasteiger partial charge in [0.15, 0.2) is 5.17 Å². The van der Waals surface area contributed by atoms with E-state index in [9.17, 15) is 18.4 Å². The molecule has 0 fully saturated rings. The smallest absolute Gasteiger partial charge is 0.275 e. The normalized spacial score (nSPS) is 16.6. The number of halogens is 2. The summed E-state index contributed by atoms with van der Waals surface area (Å²) in [7, 11) is 0. The summed E-state index contributed by atoms with van der Waals surface area (Å²) in [5.74, 6) is -1.91. The van der Waals surface area contributed by atoms with Crippen LogP contribution >= 0.6 is 11.8 Å². The van der Waals surface area contributed by atoms with Crippen molar-refractivity contribution in [2.75, 3.05) is 11.1 Å². The maximum absolute atomic E-state index is 13.9. The van der Waals surface area contributed by atoms with Gasteiger partial charge in [-0.25, -0.2) is 13.8 Å². The summed E-state index contributed by atoms with van der Waals surface area (Å²) in [4.78, 5) is 36.1. The molecule has 2 amide bonds. The van der Waals surface area contributed by atoms with Gasteiger partial charge in [-0.3, -0.25) is 14.5 Å². The average molecular weight is 462 g/mol. The van der Waals surface area contributed by atoms with Crippen LogP contribution in [0.15, 0.2) is 82.8 Å². The summed E-state index contributed by atoms with van der Waals surface area (Å²) in [5.41, 5.74) is 1.87. The minimum absolute atomic E-state index is 0.129. The van der Waals surface area contributed by atoms with Crippen LogP contribution in [-0.2, 0) is 9.59 Å². The van der Waals surface area contributed by atoms with Gasteiger partial charge in [0.2, 0.25) is 5.91 Å². The first-order valence-electron chi connectivity index (χ1n) is 10.0. The largest absolute Gasteiger partial charge is 0.323 e. The predicted molar refractivity (Wildman–Crippen MR) is 124 cm³/mol. The van der Waals surface area contributed by atoms with Crippen molar-refractivity contribution in [3.05, 3.63) is 95.6 Å². The van der Waals surface area contributed by atoms with E-state index in [2.05, 4.69) is 15.3 Å². The van der Waals surface area contributed by atoms with Crippen molar-refractivity contribution < 1.29 is 18.4 Å². The van der Waals surface area contributed by atoms with Gasteiger partial charge in [-0.15, -0.1) is 0 Å². The van der Waals surface area contributed by atoms with Crippen LogP contribution in [-0.4, -0.2) is 33.5 Å². The van der Waals surface area contributed by atoms with Gasteiger partial charge in [-0.05, 0) is 29.8 Å². The number of hydrogen-bond donors (Lipinski definition) is 1. The second kappa shape index (κ2) is 8.59. The van der Waals surface area contributed by atoms with Crippen LogP contribution in [0.1, 0.15) is 17.2 Å². The highest BCUT2D eigenvalue weighted by molar-refractivity contribution is 8.14. The second-order valence-electron chi connectivity index (χ2n) is 7.33. The van der Waals surface area contributed by atoms with E-state index in [1.165, 1.54) is 0 Å². The first-order valence-corrected chi connectivity index (χ1v) is 11.0. The molecule has 0 saturated carbocycles. The summed E-state index contributed by atoms with van der Waals surface area (Å²) in [6, 6.07) is 18.7. The molecule has 1 atom stereocenters. The number of anilines is 1. The number of carbonyl (C=O) groups is 2. The monoisotopic (exact) mass is 462 g/mol. The quantitative estimate of drug-likeness (QED) is 0.612. The third-order valence-electron chi connectivity index (χ3n) is 5.15. The molecule has 0 aliphatic carbocycles. The molecule has 2 aliphatic rings. The Balaban J connectivity index is 1.43. The highest BCUT2D eigenvalue weighted by atomic mass is 32.2. The molecule has 1 unspecified atom stereocenters. The molecule has 9 heteroatoms. The molecule has 5 rings (SSSR count). The van der Waals surface area contributed by atoms with Gasteiger partial charge in [0.1, 0.15) is 23.5 Å². The first kappa shape index (κ1) is 21.0. The minimum atomic E-state index is -0.734. The van der Waals surface area contributed by atoms with E-state index in [4.69, 9.17) is 0 Å². The number of para-hydroxylation sites is 1. The predicted octanol–water partition coefficient (Wildman–Crippen LogP) is 4.67. The number of nitrogens with zero attached hydrogens (tertiary/aromatic N) is 3. The van der Waals surface area contributed by atoms with Gasteiger partial charge in [0.25, 0.3) is 5.91 Å². The maximum atomic E-state index is 13.9. The molecule has 0 bridgehead atoms. The summed E-state index contributed by atoms with van der Waals surface area (Å²) < 4.78 is 27.3. The molecule has 3 aromatic rings. The lowest BCUT2D eigenvalue weighted by molar-refractivity contribution is -0.119. The lowest BCUT2D eigenvalue weighted by Gasteiger charge is -2.31. The lowest BCUT2D eigenvalue weighted by atomic mass is 10.0. The number of thioether (sulfide) groups is 1. The van der Waals surface area contributed by atoms with E-state index in [1.807, 2.05) is 48.5 Å². The Hall–Kier alpha value is -3.85. The molecular weight excluding hydrogens is 446 g/mol. The Morgan fingerprint density at radius 3 is 2.58 bits per heavy atom. The summed E-state index contributed by atoms with van der Waals surface area (Å²) in [6.45, 7) is 0. The van der Waals surface area contributed by atoms with Crippen LogP contribution in [0.25, 0.3) is 0 Å². The molecule has 0 radical (unpaired) electrons. The third kappa shape index (κ3) is 4.03.